The third-order valence-electron chi connectivity index (χ3n) is 1.71. The number of nitrogens with zero attached hydrogens (tertiary/aromatic N) is 2. The molecule has 0 N–H and O–H groups in total. The number of benzene rings is 1. The summed E-state index contributed by atoms with van der Waals surface area (Å²) in [5.41, 5.74) is 2.48. The maximum Gasteiger partial charge on any atom is 0.294 e. The standard InChI is InChI=1S/C9H6Cl2N2OS/c10-7-2-1-6(8(11)3-7)4-14-9-13-12-5-15-9/h1-3,5H,4H2. The van der Waals surface area contributed by atoms with Gasteiger partial charge >= 0.3 is 0 Å². The number of aromatic nitrogens is 2. The lowest BCUT2D eigenvalue weighted by Crippen LogP contribution is -1.95. The molecule has 0 amide bonds. The number of rotatable bonds is 3. The van der Waals surface area contributed by atoms with Gasteiger partial charge in [-0.3, -0.25) is 0 Å². The van der Waals surface area contributed by atoms with Gasteiger partial charge in [0, 0.05) is 15.6 Å². The molecule has 0 radical (unpaired) electrons. The first-order chi connectivity index (χ1) is 7.25. The largest absolute Gasteiger partial charge is 0.464 e. The molecule has 0 aliphatic heterocycles. The average molecular weight is 261 g/mol. The Balaban J connectivity index is 2.05. The van der Waals surface area contributed by atoms with Crippen molar-refractivity contribution in [1.29, 1.82) is 0 Å². The van der Waals surface area contributed by atoms with Crippen LogP contribution in [0.15, 0.2) is 23.7 Å². The molecule has 6 heteroatoms. The third kappa shape index (κ3) is 2.81. The molecule has 0 fully saturated rings. The van der Waals surface area contributed by atoms with Crippen molar-refractivity contribution >= 4 is 34.5 Å². The number of hydrogen-bond donors (Lipinski definition) is 0. The highest BCUT2D eigenvalue weighted by Crippen LogP contribution is 2.22. The number of halogens is 2. The molecule has 1 heterocycles. The van der Waals surface area contributed by atoms with Crippen LogP contribution in [0, 0.1) is 0 Å². The normalized spacial score (nSPS) is 10.3. The molecule has 2 aromatic rings. The second kappa shape index (κ2) is 4.79. The van der Waals surface area contributed by atoms with Crippen LogP contribution in [-0.2, 0) is 6.61 Å². The van der Waals surface area contributed by atoms with E-state index in [1.165, 1.54) is 11.3 Å². The van der Waals surface area contributed by atoms with E-state index < -0.39 is 0 Å². The predicted molar refractivity (Wildman–Crippen MR) is 60.7 cm³/mol. The maximum atomic E-state index is 5.97. The van der Waals surface area contributed by atoms with E-state index in [1.807, 2.05) is 6.07 Å². The summed E-state index contributed by atoms with van der Waals surface area (Å²) < 4.78 is 5.37. The summed E-state index contributed by atoms with van der Waals surface area (Å²) in [5, 5.41) is 9.15. The summed E-state index contributed by atoms with van der Waals surface area (Å²) in [6.07, 6.45) is 0. The Labute approximate surface area is 101 Å². The van der Waals surface area contributed by atoms with Crippen molar-refractivity contribution in [2.75, 3.05) is 0 Å². The second-order valence-corrected chi connectivity index (χ2v) is 4.37. The van der Waals surface area contributed by atoms with Gasteiger partial charge in [0.2, 0.25) is 0 Å². The van der Waals surface area contributed by atoms with Crippen molar-refractivity contribution < 1.29 is 4.74 Å². The van der Waals surface area contributed by atoms with Gasteiger partial charge < -0.3 is 4.74 Å². The third-order valence-corrected chi connectivity index (χ3v) is 2.89. The smallest absolute Gasteiger partial charge is 0.294 e. The molecule has 0 aliphatic carbocycles. The second-order valence-electron chi connectivity index (χ2n) is 2.73. The lowest BCUT2D eigenvalue weighted by atomic mass is 10.2. The zero-order chi connectivity index (χ0) is 10.7. The maximum absolute atomic E-state index is 5.97. The predicted octanol–water partition coefficient (Wildman–Crippen LogP) is 3.42. The highest BCUT2D eigenvalue weighted by Gasteiger charge is 2.03. The van der Waals surface area contributed by atoms with Crippen molar-refractivity contribution in [1.82, 2.24) is 10.2 Å². The molecule has 0 spiro atoms. The summed E-state index contributed by atoms with van der Waals surface area (Å²) in [5.74, 6) is 0. The summed E-state index contributed by atoms with van der Waals surface area (Å²) in [7, 11) is 0. The molecule has 1 aromatic heterocycles. The highest BCUT2D eigenvalue weighted by atomic mass is 35.5. The first-order valence-corrected chi connectivity index (χ1v) is 5.72. The van der Waals surface area contributed by atoms with Crippen LogP contribution in [0.25, 0.3) is 0 Å². The lowest BCUT2D eigenvalue weighted by molar-refractivity contribution is 0.302. The van der Waals surface area contributed by atoms with E-state index >= 15 is 0 Å². The molecule has 3 nitrogen and oxygen atoms in total. The van der Waals surface area contributed by atoms with Crippen molar-refractivity contribution in [2.24, 2.45) is 0 Å². The Morgan fingerprint density at radius 3 is 2.87 bits per heavy atom. The zero-order valence-corrected chi connectivity index (χ0v) is 9.81. The molecule has 1 aromatic carbocycles. The van der Waals surface area contributed by atoms with Crippen LogP contribution < -0.4 is 4.74 Å². The van der Waals surface area contributed by atoms with Gasteiger partial charge in [0.25, 0.3) is 5.19 Å². The van der Waals surface area contributed by atoms with E-state index in [4.69, 9.17) is 27.9 Å². The minimum atomic E-state index is 0.366. The van der Waals surface area contributed by atoms with Gasteiger partial charge in [-0.25, -0.2) is 0 Å². The molecule has 0 aliphatic rings. The van der Waals surface area contributed by atoms with Gasteiger partial charge in [-0.2, -0.15) is 0 Å². The minimum absolute atomic E-state index is 0.366. The van der Waals surface area contributed by atoms with E-state index in [1.54, 1.807) is 17.6 Å². The number of ether oxygens (including phenoxy) is 1. The van der Waals surface area contributed by atoms with Gasteiger partial charge in [-0.1, -0.05) is 40.6 Å². The molecule has 0 bridgehead atoms. The van der Waals surface area contributed by atoms with Crippen LogP contribution in [0.4, 0.5) is 0 Å². The van der Waals surface area contributed by atoms with E-state index in [-0.39, 0.29) is 0 Å². The van der Waals surface area contributed by atoms with Crippen LogP contribution in [0.5, 0.6) is 5.19 Å². The van der Waals surface area contributed by atoms with Gasteiger partial charge in [-0.15, -0.1) is 10.2 Å². The zero-order valence-electron chi connectivity index (χ0n) is 7.48. The quantitative estimate of drug-likeness (QED) is 0.849. The first-order valence-electron chi connectivity index (χ1n) is 4.08. The van der Waals surface area contributed by atoms with Crippen LogP contribution in [-0.4, -0.2) is 10.2 Å². The number of hydrogen-bond acceptors (Lipinski definition) is 4. The topological polar surface area (TPSA) is 35.0 Å². The molecule has 78 valence electrons. The average Bonchev–Trinajstić information content (AvgIpc) is 2.69. The van der Waals surface area contributed by atoms with E-state index in [9.17, 15) is 0 Å². The van der Waals surface area contributed by atoms with Crippen LogP contribution in [0.2, 0.25) is 10.0 Å². The Hall–Kier alpha value is -0.840. The van der Waals surface area contributed by atoms with Gasteiger partial charge in [0.15, 0.2) is 0 Å². The van der Waals surface area contributed by atoms with E-state index in [0.717, 1.165) is 5.56 Å². The van der Waals surface area contributed by atoms with Crippen LogP contribution >= 0.6 is 34.5 Å². The fourth-order valence-electron chi connectivity index (χ4n) is 1.00. The molecule has 15 heavy (non-hydrogen) atoms. The molecule has 0 unspecified atom stereocenters. The van der Waals surface area contributed by atoms with Crippen molar-refractivity contribution in [3.63, 3.8) is 0 Å². The Bertz CT molecular complexity index is 447. The molecule has 0 saturated carbocycles. The summed E-state index contributed by atoms with van der Waals surface area (Å²) in [6, 6.07) is 5.28. The van der Waals surface area contributed by atoms with Gasteiger partial charge in [0.1, 0.15) is 12.1 Å². The summed E-state index contributed by atoms with van der Waals surface area (Å²) in [4.78, 5) is 0. The molecular formula is C9H6Cl2N2OS. The monoisotopic (exact) mass is 260 g/mol. The molecule has 0 saturated heterocycles. The van der Waals surface area contributed by atoms with Gasteiger partial charge in [-0.05, 0) is 12.1 Å². The van der Waals surface area contributed by atoms with E-state index in [0.29, 0.717) is 21.8 Å². The summed E-state index contributed by atoms with van der Waals surface area (Å²) in [6.45, 7) is 0.366. The van der Waals surface area contributed by atoms with Crippen molar-refractivity contribution in [3.05, 3.63) is 39.3 Å². The lowest BCUT2D eigenvalue weighted by Gasteiger charge is -2.04. The SMILES string of the molecule is Clc1ccc(COc2nncs2)c(Cl)c1. The fraction of sp³-hybridized carbons (Fsp3) is 0.111. The van der Waals surface area contributed by atoms with Crippen molar-refractivity contribution in [3.8, 4) is 5.19 Å². The minimum Gasteiger partial charge on any atom is -0.464 e. The summed E-state index contributed by atoms with van der Waals surface area (Å²) >= 11 is 13.1. The highest BCUT2D eigenvalue weighted by molar-refractivity contribution is 7.11. The van der Waals surface area contributed by atoms with Gasteiger partial charge in [0.05, 0.1) is 0 Å². The fourth-order valence-corrected chi connectivity index (χ4v) is 1.87. The Kier molecular flexibility index (Phi) is 3.41. The Morgan fingerprint density at radius 2 is 2.20 bits per heavy atom. The first kappa shape index (κ1) is 10.7. The van der Waals surface area contributed by atoms with Crippen molar-refractivity contribution in [2.45, 2.75) is 6.61 Å². The Morgan fingerprint density at radius 1 is 1.33 bits per heavy atom. The molecule has 2 rings (SSSR count). The molecular weight excluding hydrogens is 255 g/mol. The van der Waals surface area contributed by atoms with Crippen LogP contribution in [0.1, 0.15) is 5.56 Å². The molecule has 0 atom stereocenters. The van der Waals surface area contributed by atoms with E-state index in [2.05, 4.69) is 10.2 Å². The van der Waals surface area contributed by atoms with Crippen LogP contribution in [0.3, 0.4) is 0 Å².